The van der Waals surface area contributed by atoms with Crippen molar-refractivity contribution in [1.82, 2.24) is 9.37 Å². The molecule has 2 amide bonds. The van der Waals surface area contributed by atoms with Gasteiger partial charge in [0, 0.05) is 28.9 Å². The summed E-state index contributed by atoms with van der Waals surface area (Å²) < 4.78 is 57.9. The molecule has 0 spiro atoms. The second-order valence-corrected chi connectivity index (χ2v) is 11.2. The van der Waals surface area contributed by atoms with E-state index >= 15 is 0 Å². The van der Waals surface area contributed by atoms with Crippen LogP contribution in [0.3, 0.4) is 0 Å². The highest BCUT2D eigenvalue weighted by molar-refractivity contribution is 7.89. The van der Waals surface area contributed by atoms with Crippen LogP contribution in [0.1, 0.15) is 34.6 Å². The number of amides is 2. The molecule has 0 radical (unpaired) electrons. The number of imide groups is 1. The smallest absolute Gasteiger partial charge is 0.266 e. The first-order chi connectivity index (χ1) is 16.0. The van der Waals surface area contributed by atoms with Gasteiger partial charge in [-0.05, 0) is 42.5 Å². The maximum Gasteiger partial charge on any atom is 0.318 e. The quantitative estimate of drug-likeness (QED) is 0.436. The number of halogens is 1. The normalized spacial score (nSPS) is 14.3. The molecule has 1 heterocycles. The third kappa shape index (κ3) is 3.89. The number of nitrogens with zero attached hydrogens (tertiary/aromatic N) is 2. The average Bonchev–Trinajstić information content (AvgIpc) is 2.80. The summed E-state index contributed by atoms with van der Waals surface area (Å²) in [6, 6.07) is 11.9. The molecule has 1 aliphatic heterocycles. The minimum atomic E-state index is -4.54. The van der Waals surface area contributed by atoms with Gasteiger partial charge in [0.15, 0.2) is 0 Å². The van der Waals surface area contributed by atoms with Crippen molar-refractivity contribution >= 4 is 54.3 Å². The van der Waals surface area contributed by atoms with Crippen molar-refractivity contribution in [2.75, 3.05) is 13.1 Å². The second kappa shape index (κ2) is 8.75. The Bertz CT molecular complexity index is 1510. The van der Waals surface area contributed by atoms with E-state index < -0.39 is 32.0 Å². The third-order valence-electron chi connectivity index (χ3n) is 5.43. The minimum Gasteiger partial charge on any atom is -0.266 e. The second-order valence-electron chi connectivity index (χ2n) is 7.32. The van der Waals surface area contributed by atoms with Gasteiger partial charge in [-0.3, -0.25) is 9.59 Å². The zero-order valence-electron chi connectivity index (χ0n) is 18.1. The number of rotatable bonds is 7. The number of benzene rings is 3. The summed E-state index contributed by atoms with van der Waals surface area (Å²) in [5, 5.41) is 0.762. The van der Waals surface area contributed by atoms with E-state index in [-0.39, 0.29) is 49.8 Å². The number of hydroxylamine groups is 2. The molecule has 0 aromatic heterocycles. The highest BCUT2D eigenvalue weighted by atomic mass is 35.5. The van der Waals surface area contributed by atoms with Crippen molar-refractivity contribution in [1.29, 1.82) is 0 Å². The van der Waals surface area contributed by atoms with Gasteiger partial charge in [0.25, 0.3) is 11.8 Å². The van der Waals surface area contributed by atoms with Crippen LogP contribution in [0.4, 0.5) is 0 Å². The van der Waals surface area contributed by atoms with E-state index in [4.69, 9.17) is 15.9 Å². The van der Waals surface area contributed by atoms with E-state index in [1.165, 1.54) is 58.9 Å². The molecule has 0 bridgehead atoms. The van der Waals surface area contributed by atoms with Gasteiger partial charge in [0.1, 0.15) is 0 Å². The molecule has 0 aliphatic carbocycles. The Labute approximate surface area is 201 Å². The molecular weight excluding hydrogens is 504 g/mol. The van der Waals surface area contributed by atoms with Crippen molar-refractivity contribution in [2.45, 2.75) is 23.6 Å². The fourth-order valence-corrected chi connectivity index (χ4v) is 6.44. The number of hydrogen-bond acceptors (Lipinski definition) is 7. The van der Waals surface area contributed by atoms with Gasteiger partial charge in [-0.2, -0.15) is 12.7 Å². The first-order valence-corrected chi connectivity index (χ1v) is 13.4. The molecule has 0 unspecified atom stereocenters. The van der Waals surface area contributed by atoms with Crippen molar-refractivity contribution < 1.29 is 30.7 Å². The van der Waals surface area contributed by atoms with Gasteiger partial charge < -0.3 is 0 Å². The fraction of sp³-hybridized carbons (Fsp3) is 0.182. The van der Waals surface area contributed by atoms with Gasteiger partial charge in [-0.1, -0.05) is 37.6 Å². The molecule has 9 nitrogen and oxygen atoms in total. The summed E-state index contributed by atoms with van der Waals surface area (Å²) in [7, 11) is -8.44. The van der Waals surface area contributed by atoms with E-state index in [0.29, 0.717) is 5.02 Å². The van der Waals surface area contributed by atoms with Crippen molar-refractivity contribution in [3.05, 3.63) is 70.7 Å². The number of sulfonamides is 1. The highest BCUT2D eigenvalue weighted by Gasteiger charge is 2.39. The maximum absolute atomic E-state index is 13.2. The summed E-state index contributed by atoms with van der Waals surface area (Å²) in [6.07, 6.45) is 0. The van der Waals surface area contributed by atoms with Gasteiger partial charge >= 0.3 is 10.1 Å². The monoisotopic (exact) mass is 522 g/mol. The lowest BCUT2D eigenvalue weighted by molar-refractivity contribution is -0.0155. The summed E-state index contributed by atoms with van der Waals surface area (Å²) in [6.45, 7) is 3.89. The van der Waals surface area contributed by atoms with Crippen LogP contribution in [-0.4, -0.2) is 51.1 Å². The zero-order valence-corrected chi connectivity index (χ0v) is 20.4. The fourth-order valence-electron chi connectivity index (χ4n) is 3.79. The first kappa shape index (κ1) is 24.3. The Kier molecular flexibility index (Phi) is 6.25. The molecule has 0 fully saturated rings. The van der Waals surface area contributed by atoms with Crippen LogP contribution in [-0.2, 0) is 24.4 Å². The number of carbonyl (C=O) groups is 2. The van der Waals surface area contributed by atoms with E-state index in [2.05, 4.69) is 0 Å². The molecule has 0 saturated carbocycles. The molecule has 3 aromatic rings. The van der Waals surface area contributed by atoms with Crippen molar-refractivity contribution in [3.63, 3.8) is 0 Å². The van der Waals surface area contributed by atoms with Crippen LogP contribution in [0, 0.1) is 0 Å². The number of carbonyl (C=O) groups excluding carboxylic acids is 2. The van der Waals surface area contributed by atoms with Crippen LogP contribution in [0.5, 0.6) is 0 Å². The van der Waals surface area contributed by atoms with Crippen molar-refractivity contribution in [2.24, 2.45) is 0 Å². The summed E-state index contributed by atoms with van der Waals surface area (Å²) in [4.78, 5) is 25.9. The Morgan fingerprint density at radius 1 is 0.853 bits per heavy atom. The summed E-state index contributed by atoms with van der Waals surface area (Å²) in [5.41, 5.74) is -0.120. The lowest BCUT2D eigenvalue weighted by Crippen LogP contribution is -2.42. The third-order valence-corrected chi connectivity index (χ3v) is 8.98. The first-order valence-electron chi connectivity index (χ1n) is 10.2. The Balaban J connectivity index is 1.83. The van der Waals surface area contributed by atoms with Gasteiger partial charge in [0.2, 0.25) is 10.0 Å². The van der Waals surface area contributed by atoms with E-state index in [0.717, 1.165) is 0 Å². The largest absolute Gasteiger partial charge is 0.318 e. The van der Waals surface area contributed by atoms with Crippen LogP contribution in [0.2, 0.25) is 5.02 Å². The molecule has 0 N–H and O–H groups in total. The van der Waals surface area contributed by atoms with E-state index in [9.17, 15) is 26.4 Å². The Morgan fingerprint density at radius 3 is 2.03 bits per heavy atom. The minimum absolute atomic E-state index is 0.0550. The van der Waals surface area contributed by atoms with Crippen LogP contribution in [0.15, 0.2) is 64.4 Å². The van der Waals surface area contributed by atoms with Crippen LogP contribution in [0.25, 0.3) is 10.8 Å². The van der Waals surface area contributed by atoms with Gasteiger partial charge in [-0.15, -0.1) is 9.35 Å². The molecule has 0 saturated heterocycles. The number of hydrogen-bond donors (Lipinski definition) is 0. The Morgan fingerprint density at radius 2 is 1.44 bits per heavy atom. The molecule has 1 aliphatic rings. The zero-order chi connectivity index (χ0) is 24.8. The lowest BCUT2D eigenvalue weighted by atomic mass is 9.95. The molecular formula is C22H19ClN2O7S2. The molecule has 178 valence electrons. The van der Waals surface area contributed by atoms with Gasteiger partial charge in [0.05, 0.1) is 20.9 Å². The molecule has 4 rings (SSSR count). The molecule has 0 atom stereocenters. The predicted molar refractivity (Wildman–Crippen MR) is 124 cm³/mol. The maximum atomic E-state index is 13.2. The Hall–Kier alpha value is -2.83. The molecule has 34 heavy (non-hydrogen) atoms. The highest BCUT2D eigenvalue weighted by Crippen LogP contribution is 2.35. The van der Waals surface area contributed by atoms with Crippen LogP contribution < -0.4 is 0 Å². The van der Waals surface area contributed by atoms with Crippen LogP contribution >= 0.6 is 11.6 Å². The van der Waals surface area contributed by atoms with Gasteiger partial charge in [-0.25, -0.2) is 8.42 Å². The predicted octanol–water partition coefficient (Wildman–Crippen LogP) is 3.44. The topological polar surface area (TPSA) is 118 Å². The standard InChI is InChI=1S/C22H19ClN2O7S2/c1-3-24(4-2)33(28,29)19-13-12-18-20-16(19)6-5-7-17(20)21(26)25(22(18)27)32-34(30,31)15-10-8-14(23)9-11-15/h5-13H,3-4H2,1-2H3. The molecule has 12 heteroatoms. The van der Waals surface area contributed by atoms with Crippen molar-refractivity contribution in [3.8, 4) is 0 Å². The SMILES string of the molecule is CCN(CC)S(=O)(=O)c1ccc2c3c(cccc13)C(=O)N(OS(=O)(=O)c1ccc(Cl)cc1)C2=O. The molecule has 3 aromatic carbocycles. The van der Waals surface area contributed by atoms with E-state index in [1.807, 2.05) is 0 Å². The summed E-state index contributed by atoms with van der Waals surface area (Å²) >= 11 is 5.78. The summed E-state index contributed by atoms with van der Waals surface area (Å²) in [5.74, 6) is -2.06. The average molecular weight is 523 g/mol. The van der Waals surface area contributed by atoms with E-state index in [1.54, 1.807) is 13.8 Å². The lowest BCUT2D eigenvalue weighted by Gasteiger charge is -2.26.